The van der Waals surface area contributed by atoms with E-state index in [1.807, 2.05) is 31.2 Å². The number of halogens is 2. The average Bonchev–Trinajstić information content (AvgIpc) is 3.09. The normalized spacial score (nSPS) is 11.1. The maximum absolute atomic E-state index is 12.9. The Bertz CT molecular complexity index is 1250. The smallest absolute Gasteiger partial charge is 0.259 e. The first-order valence-electron chi connectivity index (χ1n) is 9.17. The van der Waals surface area contributed by atoms with E-state index >= 15 is 0 Å². The van der Waals surface area contributed by atoms with Crippen LogP contribution in [0.4, 0.5) is 5.69 Å². The number of rotatable bonds is 5. The first kappa shape index (κ1) is 20.3. The van der Waals surface area contributed by atoms with Crippen molar-refractivity contribution in [2.24, 2.45) is 0 Å². The van der Waals surface area contributed by atoms with Gasteiger partial charge in [0.05, 0.1) is 39.8 Å². The number of aromatic nitrogens is 3. The van der Waals surface area contributed by atoms with E-state index in [1.54, 1.807) is 42.1 Å². The number of fused-ring (bicyclic) bond motifs is 1. The van der Waals surface area contributed by atoms with Crippen molar-refractivity contribution in [2.45, 2.75) is 13.5 Å². The molecule has 8 heteroatoms. The fourth-order valence-electron chi connectivity index (χ4n) is 3.29. The van der Waals surface area contributed by atoms with Gasteiger partial charge in [-0.2, -0.15) is 5.10 Å². The Morgan fingerprint density at radius 2 is 1.97 bits per heavy atom. The van der Waals surface area contributed by atoms with Crippen molar-refractivity contribution in [1.82, 2.24) is 14.6 Å². The van der Waals surface area contributed by atoms with Crippen molar-refractivity contribution in [3.8, 4) is 11.1 Å². The minimum Gasteiger partial charge on any atom is -0.378 e. The number of ether oxygens (including phenoxy) is 1. The Morgan fingerprint density at radius 1 is 1.17 bits per heavy atom. The second-order valence-corrected chi connectivity index (χ2v) is 7.54. The fraction of sp³-hybridized carbons (Fsp3) is 0.136. The summed E-state index contributed by atoms with van der Waals surface area (Å²) in [6.45, 7) is 2.12. The largest absolute Gasteiger partial charge is 0.378 e. The summed E-state index contributed by atoms with van der Waals surface area (Å²) < 4.78 is 6.99. The number of aryl methyl sites for hydroxylation is 1. The van der Waals surface area contributed by atoms with Gasteiger partial charge in [0.15, 0.2) is 5.65 Å². The molecule has 0 radical (unpaired) electrons. The van der Waals surface area contributed by atoms with Crippen LogP contribution in [0.5, 0.6) is 0 Å². The number of para-hydroxylation sites is 1. The van der Waals surface area contributed by atoms with Crippen molar-refractivity contribution >= 4 is 40.4 Å². The van der Waals surface area contributed by atoms with Crippen LogP contribution >= 0.6 is 23.2 Å². The standard InChI is InChI=1S/C22H18Cl2N4O2/c1-13-16(22(29)26-18-9-4-3-8-17(18)24)11-25-21-20(14-6-5-7-15(23)10-14)19(12-30-2)27-28(13)21/h3-11H,12H2,1-2H3,(H,26,29). The zero-order valence-corrected chi connectivity index (χ0v) is 17.8. The van der Waals surface area contributed by atoms with Gasteiger partial charge < -0.3 is 10.1 Å². The van der Waals surface area contributed by atoms with Crippen LogP contribution in [0.3, 0.4) is 0 Å². The number of amides is 1. The predicted molar refractivity (Wildman–Crippen MR) is 118 cm³/mol. The van der Waals surface area contributed by atoms with E-state index in [0.717, 1.165) is 11.1 Å². The molecule has 4 rings (SSSR count). The second kappa shape index (κ2) is 8.44. The average molecular weight is 441 g/mol. The molecule has 0 aliphatic rings. The lowest BCUT2D eigenvalue weighted by Crippen LogP contribution is -2.16. The first-order chi connectivity index (χ1) is 14.5. The van der Waals surface area contributed by atoms with Crippen molar-refractivity contribution in [3.63, 3.8) is 0 Å². The van der Waals surface area contributed by atoms with Gasteiger partial charge in [-0.1, -0.05) is 47.5 Å². The number of anilines is 1. The molecule has 6 nitrogen and oxygen atoms in total. The number of carbonyl (C=O) groups is 1. The van der Waals surface area contributed by atoms with Gasteiger partial charge in [0, 0.05) is 18.3 Å². The van der Waals surface area contributed by atoms with Crippen LogP contribution in [0.2, 0.25) is 10.0 Å². The van der Waals surface area contributed by atoms with E-state index in [4.69, 9.17) is 27.9 Å². The monoisotopic (exact) mass is 440 g/mol. The minimum absolute atomic E-state index is 0.297. The maximum Gasteiger partial charge on any atom is 0.259 e. The summed E-state index contributed by atoms with van der Waals surface area (Å²) in [6.07, 6.45) is 1.54. The zero-order chi connectivity index (χ0) is 21.3. The molecule has 0 aliphatic carbocycles. The van der Waals surface area contributed by atoms with E-state index < -0.39 is 0 Å². The molecular formula is C22H18Cl2N4O2. The van der Waals surface area contributed by atoms with Crippen LogP contribution in [0.15, 0.2) is 54.7 Å². The van der Waals surface area contributed by atoms with Gasteiger partial charge >= 0.3 is 0 Å². The number of carbonyl (C=O) groups excluding carboxylic acids is 1. The highest BCUT2D eigenvalue weighted by Crippen LogP contribution is 2.31. The Hall–Kier alpha value is -2.93. The molecule has 4 aromatic rings. The van der Waals surface area contributed by atoms with Crippen LogP contribution < -0.4 is 5.32 Å². The molecule has 2 aromatic heterocycles. The Labute approximate surface area is 183 Å². The lowest BCUT2D eigenvalue weighted by molar-refractivity contribution is 0.102. The lowest BCUT2D eigenvalue weighted by atomic mass is 10.1. The molecule has 1 amide bonds. The van der Waals surface area contributed by atoms with Gasteiger partial charge in [0.1, 0.15) is 0 Å². The summed E-state index contributed by atoms with van der Waals surface area (Å²) in [6, 6.07) is 14.5. The van der Waals surface area contributed by atoms with Crippen LogP contribution in [0.1, 0.15) is 21.7 Å². The highest BCUT2D eigenvalue weighted by atomic mass is 35.5. The lowest BCUT2D eigenvalue weighted by Gasteiger charge is -2.10. The van der Waals surface area contributed by atoms with Crippen molar-refractivity contribution in [1.29, 1.82) is 0 Å². The van der Waals surface area contributed by atoms with Gasteiger partial charge in [-0.05, 0) is 36.8 Å². The van der Waals surface area contributed by atoms with E-state index in [9.17, 15) is 4.79 Å². The van der Waals surface area contributed by atoms with E-state index in [1.165, 1.54) is 0 Å². The highest BCUT2D eigenvalue weighted by molar-refractivity contribution is 6.34. The Kier molecular flexibility index (Phi) is 5.72. The van der Waals surface area contributed by atoms with Crippen LogP contribution in [-0.4, -0.2) is 27.6 Å². The molecule has 0 saturated heterocycles. The molecule has 0 atom stereocenters. The summed E-state index contributed by atoms with van der Waals surface area (Å²) in [5.41, 5.74) is 4.60. The van der Waals surface area contributed by atoms with E-state index in [0.29, 0.717) is 44.9 Å². The second-order valence-electron chi connectivity index (χ2n) is 6.69. The third-order valence-electron chi connectivity index (χ3n) is 4.72. The molecule has 0 bridgehead atoms. The van der Waals surface area contributed by atoms with Gasteiger partial charge in [-0.15, -0.1) is 0 Å². The number of hydrogen-bond acceptors (Lipinski definition) is 4. The number of methoxy groups -OCH3 is 1. The number of benzene rings is 2. The van der Waals surface area contributed by atoms with Crippen molar-refractivity contribution in [3.05, 3.63) is 81.7 Å². The van der Waals surface area contributed by atoms with Crippen LogP contribution in [0.25, 0.3) is 16.8 Å². The highest BCUT2D eigenvalue weighted by Gasteiger charge is 2.21. The molecule has 0 aliphatic heterocycles. The summed E-state index contributed by atoms with van der Waals surface area (Å²) in [5, 5.41) is 8.55. The zero-order valence-electron chi connectivity index (χ0n) is 16.3. The van der Waals surface area contributed by atoms with Crippen molar-refractivity contribution in [2.75, 3.05) is 12.4 Å². The first-order valence-corrected chi connectivity index (χ1v) is 9.93. The minimum atomic E-state index is -0.317. The number of nitrogens with one attached hydrogen (secondary N) is 1. The van der Waals surface area contributed by atoms with Gasteiger partial charge in [0.25, 0.3) is 5.91 Å². The van der Waals surface area contributed by atoms with Gasteiger partial charge in [0.2, 0.25) is 0 Å². The number of hydrogen-bond donors (Lipinski definition) is 1. The summed E-state index contributed by atoms with van der Waals surface area (Å²) in [5.74, 6) is -0.317. The van der Waals surface area contributed by atoms with Crippen molar-refractivity contribution < 1.29 is 9.53 Å². The fourth-order valence-corrected chi connectivity index (χ4v) is 3.67. The third kappa shape index (κ3) is 3.77. The summed E-state index contributed by atoms with van der Waals surface area (Å²) in [4.78, 5) is 17.4. The molecular weight excluding hydrogens is 423 g/mol. The molecule has 30 heavy (non-hydrogen) atoms. The van der Waals surface area contributed by atoms with E-state index in [-0.39, 0.29) is 5.91 Å². The van der Waals surface area contributed by atoms with Gasteiger partial charge in [-0.3, -0.25) is 4.79 Å². The molecule has 1 N–H and O–H groups in total. The molecule has 0 saturated carbocycles. The quantitative estimate of drug-likeness (QED) is 0.450. The summed E-state index contributed by atoms with van der Waals surface area (Å²) in [7, 11) is 1.61. The molecule has 152 valence electrons. The summed E-state index contributed by atoms with van der Waals surface area (Å²) >= 11 is 12.3. The predicted octanol–water partition coefficient (Wildman–Crippen LogP) is 5.41. The Balaban J connectivity index is 1.81. The SMILES string of the molecule is COCc1nn2c(C)c(C(=O)Nc3ccccc3Cl)cnc2c1-c1cccc(Cl)c1. The number of nitrogens with zero attached hydrogens (tertiary/aromatic N) is 3. The Morgan fingerprint density at radius 3 is 2.70 bits per heavy atom. The maximum atomic E-state index is 12.9. The molecule has 2 heterocycles. The van der Waals surface area contributed by atoms with E-state index in [2.05, 4.69) is 15.4 Å². The van der Waals surface area contributed by atoms with Gasteiger partial charge in [-0.25, -0.2) is 9.50 Å². The van der Waals surface area contributed by atoms with Crippen LogP contribution in [0, 0.1) is 6.92 Å². The topological polar surface area (TPSA) is 68.5 Å². The molecule has 0 fully saturated rings. The van der Waals surface area contributed by atoms with Crippen LogP contribution in [-0.2, 0) is 11.3 Å². The third-order valence-corrected chi connectivity index (χ3v) is 5.28. The molecule has 0 unspecified atom stereocenters. The molecule has 2 aromatic carbocycles. The molecule has 0 spiro atoms.